The van der Waals surface area contributed by atoms with Crippen LogP contribution in [0.15, 0.2) is 47.3 Å². The first kappa shape index (κ1) is 18.8. The van der Waals surface area contributed by atoms with Crippen molar-refractivity contribution in [3.05, 3.63) is 69.1 Å². The molecule has 0 spiro atoms. The Morgan fingerprint density at radius 2 is 1.96 bits per heavy atom. The summed E-state index contributed by atoms with van der Waals surface area (Å²) >= 11 is 6.44. The van der Waals surface area contributed by atoms with Crippen LogP contribution in [-0.2, 0) is 7.05 Å². The first-order valence-electron chi connectivity index (χ1n) is 9.50. The molecule has 7 heteroatoms. The Hall–Kier alpha value is -2.57. The van der Waals surface area contributed by atoms with Crippen molar-refractivity contribution < 1.29 is 4.79 Å². The number of carbonyl (C=O) groups excluding carboxylic acids is 1. The lowest BCUT2D eigenvalue weighted by atomic mass is 10.0. The monoisotopic (exact) mass is 398 g/mol. The number of hydrogen-bond acceptors (Lipinski definition) is 3. The van der Waals surface area contributed by atoms with Gasteiger partial charge in [-0.15, -0.1) is 0 Å². The lowest BCUT2D eigenvalue weighted by molar-refractivity contribution is 0.0938. The van der Waals surface area contributed by atoms with Crippen molar-refractivity contribution in [3.63, 3.8) is 0 Å². The minimum absolute atomic E-state index is 0.0421. The van der Waals surface area contributed by atoms with Crippen LogP contribution in [0.4, 0.5) is 0 Å². The molecule has 146 valence electrons. The largest absolute Gasteiger partial charge is 0.350 e. The molecule has 1 amide bonds. The van der Waals surface area contributed by atoms with E-state index in [1.165, 1.54) is 4.57 Å². The molecule has 1 aromatic heterocycles. The van der Waals surface area contributed by atoms with E-state index in [9.17, 15) is 9.59 Å². The van der Waals surface area contributed by atoms with Gasteiger partial charge in [0.2, 0.25) is 0 Å². The maximum absolute atomic E-state index is 12.8. The Kier molecular flexibility index (Phi) is 5.24. The van der Waals surface area contributed by atoms with Crippen LogP contribution in [0.25, 0.3) is 11.0 Å². The van der Waals surface area contributed by atoms with Crippen molar-refractivity contribution in [1.29, 1.82) is 0 Å². The van der Waals surface area contributed by atoms with E-state index < -0.39 is 0 Å². The summed E-state index contributed by atoms with van der Waals surface area (Å²) in [4.78, 5) is 29.7. The summed E-state index contributed by atoms with van der Waals surface area (Å²) in [5.41, 5.74) is 2.80. The highest BCUT2D eigenvalue weighted by Crippen LogP contribution is 2.29. The maximum Gasteiger partial charge on any atom is 0.326 e. The Balaban J connectivity index is 1.55. The van der Waals surface area contributed by atoms with Gasteiger partial charge < -0.3 is 10.3 Å². The quantitative estimate of drug-likeness (QED) is 0.693. The predicted octanol–water partition coefficient (Wildman–Crippen LogP) is 3.09. The minimum atomic E-state index is -0.194. The van der Waals surface area contributed by atoms with E-state index in [2.05, 4.69) is 15.2 Å². The molecule has 6 nitrogen and oxygen atoms in total. The third-order valence-corrected chi connectivity index (χ3v) is 5.81. The molecule has 0 bridgehead atoms. The smallest absolute Gasteiger partial charge is 0.326 e. The number of imidazole rings is 1. The van der Waals surface area contributed by atoms with Crippen LogP contribution in [0, 0.1) is 0 Å². The summed E-state index contributed by atoms with van der Waals surface area (Å²) in [6.07, 6.45) is 2.32. The standard InChI is InChI=1S/C21H23ClN4O2/c1-25-18-12-14(8-9-17(18)24-21(25)28)20(27)23-13-19(26-10-4-5-11-26)15-6-2-3-7-16(15)22/h2-3,6-9,12,19H,4-5,10-11,13H2,1H3,(H,23,27)(H,24,28). The molecule has 2 N–H and O–H groups in total. The molecule has 1 fully saturated rings. The second kappa shape index (κ2) is 7.81. The lowest BCUT2D eigenvalue weighted by Crippen LogP contribution is -2.37. The third kappa shape index (κ3) is 3.57. The van der Waals surface area contributed by atoms with Gasteiger partial charge in [-0.3, -0.25) is 14.3 Å². The Bertz CT molecular complexity index is 1070. The highest BCUT2D eigenvalue weighted by Gasteiger charge is 2.25. The number of rotatable bonds is 5. The Morgan fingerprint density at radius 3 is 2.71 bits per heavy atom. The number of fused-ring (bicyclic) bond motifs is 1. The van der Waals surface area contributed by atoms with Gasteiger partial charge in [0.15, 0.2) is 0 Å². The van der Waals surface area contributed by atoms with Crippen molar-refractivity contribution in [1.82, 2.24) is 19.8 Å². The van der Waals surface area contributed by atoms with Crippen molar-refractivity contribution in [2.24, 2.45) is 7.05 Å². The predicted molar refractivity (Wildman–Crippen MR) is 111 cm³/mol. The van der Waals surface area contributed by atoms with Gasteiger partial charge in [-0.2, -0.15) is 0 Å². The molecule has 2 heterocycles. The number of H-pyrrole nitrogens is 1. The van der Waals surface area contributed by atoms with Crippen molar-refractivity contribution in [3.8, 4) is 0 Å². The van der Waals surface area contributed by atoms with E-state index in [1.54, 1.807) is 25.2 Å². The van der Waals surface area contributed by atoms with Crippen molar-refractivity contribution in [2.45, 2.75) is 18.9 Å². The van der Waals surface area contributed by atoms with Crippen LogP contribution in [0.2, 0.25) is 5.02 Å². The molecule has 1 unspecified atom stereocenters. The van der Waals surface area contributed by atoms with Gasteiger partial charge in [0, 0.05) is 24.2 Å². The molecule has 3 aromatic rings. The molecule has 0 aliphatic carbocycles. The Labute approximate surface area is 168 Å². The van der Waals surface area contributed by atoms with Crippen LogP contribution in [-0.4, -0.2) is 40.0 Å². The van der Waals surface area contributed by atoms with Gasteiger partial charge in [-0.1, -0.05) is 29.8 Å². The number of amides is 1. The van der Waals surface area contributed by atoms with E-state index in [4.69, 9.17) is 11.6 Å². The fraction of sp³-hybridized carbons (Fsp3) is 0.333. The van der Waals surface area contributed by atoms with Crippen LogP contribution >= 0.6 is 11.6 Å². The summed E-state index contributed by atoms with van der Waals surface area (Å²) in [6.45, 7) is 2.49. The first-order valence-corrected chi connectivity index (χ1v) is 9.88. The van der Waals surface area contributed by atoms with Crippen LogP contribution < -0.4 is 11.0 Å². The number of hydrogen-bond donors (Lipinski definition) is 2. The summed E-state index contributed by atoms with van der Waals surface area (Å²) in [5, 5.41) is 3.78. The summed E-state index contributed by atoms with van der Waals surface area (Å²) in [5.74, 6) is -0.160. The van der Waals surface area contributed by atoms with Gasteiger partial charge in [-0.05, 0) is 55.8 Å². The second-order valence-electron chi connectivity index (χ2n) is 7.21. The highest BCUT2D eigenvalue weighted by molar-refractivity contribution is 6.31. The van der Waals surface area contributed by atoms with E-state index in [0.29, 0.717) is 17.6 Å². The Morgan fingerprint density at radius 1 is 1.21 bits per heavy atom. The summed E-state index contributed by atoms with van der Waals surface area (Å²) < 4.78 is 1.50. The van der Waals surface area contributed by atoms with Gasteiger partial charge in [-0.25, -0.2) is 4.79 Å². The number of nitrogens with zero attached hydrogens (tertiary/aromatic N) is 2. The highest BCUT2D eigenvalue weighted by atomic mass is 35.5. The average molecular weight is 399 g/mol. The molecule has 1 atom stereocenters. The molecule has 0 radical (unpaired) electrons. The van der Waals surface area contributed by atoms with Crippen LogP contribution in [0.1, 0.15) is 34.8 Å². The molecular weight excluding hydrogens is 376 g/mol. The molecule has 1 aliphatic rings. The molecule has 0 saturated carbocycles. The zero-order valence-electron chi connectivity index (χ0n) is 15.7. The van der Waals surface area contributed by atoms with E-state index >= 15 is 0 Å². The molecule has 28 heavy (non-hydrogen) atoms. The zero-order valence-corrected chi connectivity index (χ0v) is 16.5. The van der Waals surface area contributed by atoms with Crippen molar-refractivity contribution >= 4 is 28.5 Å². The lowest BCUT2D eigenvalue weighted by Gasteiger charge is -2.29. The third-order valence-electron chi connectivity index (χ3n) is 5.47. The summed E-state index contributed by atoms with van der Waals surface area (Å²) in [6, 6.07) is 13.1. The molecule has 1 aliphatic heterocycles. The maximum atomic E-state index is 12.8. The van der Waals surface area contributed by atoms with E-state index in [1.807, 2.05) is 24.3 Å². The van der Waals surface area contributed by atoms with E-state index in [0.717, 1.165) is 42.0 Å². The minimum Gasteiger partial charge on any atom is -0.350 e. The number of aromatic amines is 1. The van der Waals surface area contributed by atoms with Gasteiger partial charge in [0.1, 0.15) is 0 Å². The fourth-order valence-electron chi connectivity index (χ4n) is 3.89. The number of aryl methyl sites for hydroxylation is 1. The number of aromatic nitrogens is 2. The average Bonchev–Trinajstić information content (AvgIpc) is 3.32. The van der Waals surface area contributed by atoms with Gasteiger partial charge >= 0.3 is 5.69 Å². The zero-order chi connectivity index (χ0) is 19.7. The number of likely N-dealkylation sites (tertiary alicyclic amines) is 1. The number of halogens is 1. The second-order valence-corrected chi connectivity index (χ2v) is 7.62. The molecule has 4 rings (SSSR count). The van der Waals surface area contributed by atoms with Gasteiger partial charge in [0.25, 0.3) is 5.91 Å². The SMILES string of the molecule is Cn1c(=O)[nH]c2ccc(C(=O)NCC(c3ccccc3Cl)N3CCCC3)cc21. The number of nitrogens with one attached hydrogen (secondary N) is 2. The fourth-order valence-corrected chi connectivity index (χ4v) is 4.15. The van der Waals surface area contributed by atoms with Crippen LogP contribution in [0.3, 0.4) is 0 Å². The summed E-state index contributed by atoms with van der Waals surface area (Å²) in [7, 11) is 1.68. The van der Waals surface area contributed by atoms with Gasteiger partial charge in [0.05, 0.1) is 17.1 Å². The number of benzene rings is 2. The van der Waals surface area contributed by atoms with Crippen molar-refractivity contribution in [2.75, 3.05) is 19.6 Å². The van der Waals surface area contributed by atoms with E-state index in [-0.39, 0.29) is 17.6 Å². The molecule has 1 saturated heterocycles. The van der Waals surface area contributed by atoms with Crippen LogP contribution in [0.5, 0.6) is 0 Å². The molecule has 2 aromatic carbocycles. The number of carbonyl (C=O) groups is 1. The molecular formula is C21H23ClN4O2. The topological polar surface area (TPSA) is 70.1 Å². The normalized spacial score (nSPS) is 15.8. The first-order chi connectivity index (χ1) is 13.5.